The molecular formula is C44H30N4O3. The molecule has 1 aliphatic rings. The Morgan fingerprint density at radius 1 is 0.451 bits per heavy atom. The van der Waals surface area contributed by atoms with Crippen molar-refractivity contribution < 1.29 is 13.6 Å². The molecule has 0 bridgehead atoms. The quantitative estimate of drug-likeness (QED) is 0.135. The molecule has 0 amide bonds. The molecule has 0 fully saturated rings. The lowest BCUT2D eigenvalue weighted by Crippen LogP contribution is -2.08. The van der Waals surface area contributed by atoms with Gasteiger partial charge in [0.15, 0.2) is 0 Å². The Balaban J connectivity index is 1.13. The molecule has 0 atom stereocenters. The maximum Gasteiger partial charge on any atom is 0.205 e. The fourth-order valence-corrected chi connectivity index (χ4v) is 5.55. The molecule has 7 nitrogen and oxygen atoms in total. The lowest BCUT2D eigenvalue weighted by atomic mass is 10.1. The Kier molecular flexibility index (Phi) is 9.54. The van der Waals surface area contributed by atoms with Gasteiger partial charge in [0, 0.05) is 40.5 Å². The van der Waals surface area contributed by atoms with Crippen LogP contribution in [-0.4, -0.2) is 0 Å². The van der Waals surface area contributed by atoms with E-state index < -0.39 is 0 Å². The first-order valence-electron chi connectivity index (χ1n) is 16.2. The number of benzene rings is 4. The third kappa shape index (κ3) is 7.49. The zero-order valence-corrected chi connectivity index (χ0v) is 27.3. The predicted molar refractivity (Wildman–Crippen MR) is 200 cm³/mol. The molecule has 3 heterocycles. The van der Waals surface area contributed by atoms with E-state index in [-0.39, 0.29) is 5.57 Å². The highest BCUT2D eigenvalue weighted by Crippen LogP contribution is 2.37. The molecule has 0 unspecified atom stereocenters. The third-order valence-electron chi connectivity index (χ3n) is 7.89. The van der Waals surface area contributed by atoms with Crippen molar-refractivity contribution in [3.05, 3.63) is 204 Å². The first kappa shape index (κ1) is 32.1. The number of hydrogen-bond acceptors (Lipinski definition) is 7. The van der Waals surface area contributed by atoms with Gasteiger partial charge in [-0.2, -0.15) is 10.5 Å². The monoisotopic (exact) mass is 662 g/mol. The van der Waals surface area contributed by atoms with Gasteiger partial charge < -0.3 is 13.6 Å². The van der Waals surface area contributed by atoms with E-state index in [0.29, 0.717) is 40.4 Å². The largest absolute Gasteiger partial charge is 0.457 e. The summed E-state index contributed by atoms with van der Waals surface area (Å²) in [4.78, 5) is 4.07. The second-order valence-electron chi connectivity index (χ2n) is 11.3. The summed E-state index contributed by atoms with van der Waals surface area (Å²) in [6, 6.07) is 51.5. The van der Waals surface area contributed by atoms with Crippen LogP contribution in [0.3, 0.4) is 0 Å². The van der Waals surface area contributed by atoms with Crippen molar-refractivity contribution in [2.75, 3.05) is 9.80 Å². The van der Waals surface area contributed by atoms with E-state index in [0.717, 1.165) is 22.7 Å². The van der Waals surface area contributed by atoms with Crippen molar-refractivity contribution in [2.24, 2.45) is 0 Å². The molecule has 1 aliphatic heterocycles. The highest BCUT2D eigenvalue weighted by molar-refractivity contribution is 5.75. The molecule has 244 valence electrons. The topological polar surface area (TPSA) is 89.6 Å². The summed E-state index contributed by atoms with van der Waals surface area (Å²) >= 11 is 0. The van der Waals surface area contributed by atoms with E-state index in [9.17, 15) is 10.5 Å². The minimum Gasteiger partial charge on any atom is -0.457 e. The van der Waals surface area contributed by atoms with Crippen molar-refractivity contribution in [3.63, 3.8) is 0 Å². The van der Waals surface area contributed by atoms with Crippen LogP contribution >= 0.6 is 0 Å². The highest BCUT2D eigenvalue weighted by Gasteiger charge is 2.18. The van der Waals surface area contributed by atoms with Crippen molar-refractivity contribution in [1.29, 1.82) is 10.5 Å². The Morgan fingerprint density at radius 2 is 0.804 bits per heavy atom. The summed E-state index contributed by atoms with van der Waals surface area (Å²) in [6.45, 7) is 0. The smallest absolute Gasteiger partial charge is 0.205 e. The van der Waals surface area contributed by atoms with E-state index in [2.05, 4.69) is 0 Å². The Labute approximate surface area is 296 Å². The number of ether oxygens (including phenoxy) is 1. The molecule has 0 radical (unpaired) electrons. The van der Waals surface area contributed by atoms with Gasteiger partial charge in [0.05, 0.1) is 0 Å². The molecule has 0 saturated carbocycles. The molecule has 51 heavy (non-hydrogen) atoms. The fourth-order valence-electron chi connectivity index (χ4n) is 5.55. The van der Waals surface area contributed by atoms with Crippen LogP contribution in [0, 0.1) is 22.7 Å². The zero-order chi connectivity index (χ0) is 34.8. The van der Waals surface area contributed by atoms with Crippen LogP contribution in [0.2, 0.25) is 0 Å². The van der Waals surface area contributed by atoms with Crippen molar-refractivity contribution in [2.45, 2.75) is 0 Å². The highest BCUT2D eigenvalue weighted by atomic mass is 16.5. The van der Waals surface area contributed by atoms with Crippen LogP contribution in [0.15, 0.2) is 201 Å². The minimum absolute atomic E-state index is 0.0293. The van der Waals surface area contributed by atoms with E-state index in [4.69, 9.17) is 13.6 Å². The fraction of sp³-hybridized carbons (Fsp3) is 0. The molecular weight excluding hydrogens is 633 g/mol. The summed E-state index contributed by atoms with van der Waals surface area (Å²) in [5.41, 5.74) is 4.24. The Bertz CT molecular complexity index is 2110. The van der Waals surface area contributed by atoms with Crippen molar-refractivity contribution >= 4 is 46.7 Å². The number of nitriles is 2. The average Bonchev–Trinajstić information content (AvgIpc) is 3.86. The van der Waals surface area contributed by atoms with E-state index in [1.54, 1.807) is 36.5 Å². The number of para-hydroxylation sites is 4. The molecule has 0 aliphatic carbocycles. The second-order valence-corrected chi connectivity index (χ2v) is 11.3. The summed E-state index contributed by atoms with van der Waals surface area (Å²) in [7, 11) is 0. The van der Waals surface area contributed by atoms with E-state index >= 15 is 0 Å². The summed E-state index contributed by atoms with van der Waals surface area (Å²) in [6.07, 6.45) is 10.4. The molecule has 0 saturated heterocycles. The summed E-state index contributed by atoms with van der Waals surface area (Å²) in [5.74, 6) is 3.32. The van der Waals surface area contributed by atoms with Gasteiger partial charge in [-0.3, -0.25) is 9.80 Å². The SMILES string of the molecule is N#CC(C#N)=C1C=C(/C=C/c2ccc(N(c3ccccc3)c3ccccc3)o2)OC(/C=C/c2ccc(N(c3ccccc3)c3ccccc3)o2)=C1. The first-order valence-corrected chi connectivity index (χ1v) is 16.2. The average molecular weight is 663 g/mol. The van der Waals surface area contributed by atoms with Crippen molar-refractivity contribution in [3.8, 4) is 12.1 Å². The maximum atomic E-state index is 9.65. The molecule has 7 heteroatoms. The van der Waals surface area contributed by atoms with Crippen molar-refractivity contribution in [1.82, 2.24) is 0 Å². The third-order valence-corrected chi connectivity index (χ3v) is 7.89. The minimum atomic E-state index is -0.0293. The van der Waals surface area contributed by atoms with Crippen LogP contribution in [0.1, 0.15) is 11.5 Å². The maximum absolute atomic E-state index is 9.65. The lowest BCUT2D eigenvalue weighted by Gasteiger charge is -2.22. The van der Waals surface area contributed by atoms with Crippen LogP contribution in [-0.2, 0) is 4.74 Å². The number of anilines is 6. The summed E-state index contributed by atoms with van der Waals surface area (Å²) < 4.78 is 18.7. The standard InChI is InChI=1S/C44H30N4O3/c45-31-34(32-46)33-29-41(23-21-39-25-27-43(50-39)47(35-13-5-1-6-14-35)36-15-7-2-8-16-36)49-42(30-33)24-22-40-26-28-44(51-40)48(37-17-9-3-10-18-37)38-19-11-4-12-20-38/h1-30H/b23-21+,24-22+. The van der Waals surface area contributed by atoms with Gasteiger partial charge in [0.2, 0.25) is 11.8 Å². The molecule has 4 aromatic carbocycles. The Hall–Kier alpha value is -7.48. The number of rotatable bonds is 10. The van der Waals surface area contributed by atoms with Gasteiger partial charge in [-0.05, 0) is 97.1 Å². The van der Waals surface area contributed by atoms with E-state index in [1.165, 1.54) is 0 Å². The van der Waals surface area contributed by atoms with Gasteiger partial charge in [0.25, 0.3) is 0 Å². The van der Waals surface area contributed by atoms with Crippen LogP contribution < -0.4 is 9.80 Å². The van der Waals surface area contributed by atoms with Crippen LogP contribution in [0.25, 0.3) is 12.2 Å². The van der Waals surface area contributed by atoms with Gasteiger partial charge in [-0.25, -0.2) is 0 Å². The van der Waals surface area contributed by atoms with Gasteiger partial charge in [-0.15, -0.1) is 0 Å². The number of nitrogens with zero attached hydrogens (tertiary/aromatic N) is 4. The number of allylic oxidation sites excluding steroid dienone is 6. The Morgan fingerprint density at radius 3 is 1.14 bits per heavy atom. The summed E-state index contributed by atoms with van der Waals surface area (Å²) in [5, 5.41) is 19.3. The normalized spacial score (nSPS) is 12.5. The first-order chi connectivity index (χ1) is 25.2. The molecule has 6 aromatic rings. The predicted octanol–water partition coefficient (Wildman–Crippen LogP) is 11.7. The van der Waals surface area contributed by atoms with Gasteiger partial charge in [-0.1, -0.05) is 72.8 Å². The zero-order valence-electron chi connectivity index (χ0n) is 27.3. The number of furan rings is 2. The van der Waals surface area contributed by atoms with Crippen LogP contribution in [0.5, 0.6) is 0 Å². The van der Waals surface area contributed by atoms with Gasteiger partial charge in [0.1, 0.15) is 40.8 Å². The molecule has 2 aromatic heterocycles. The lowest BCUT2D eigenvalue weighted by molar-refractivity contribution is 0.332. The van der Waals surface area contributed by atoms with Gasteiger partial charge >= 0.3 is 0 Å². The van der Waals surface area contributed by atoms with Crippen LogP contribution in [0.4, 0.5) is 34.5 Å². The molecule has 0 spiro atoms. The second kappa shape index (κ2) is 15.2. The molecule has 7 rings (SSSR count). The molecule has 0 N–H and O–H groups in total. The van der Waals surface area contributed by atoms with E-state index in [1.807, 2.05) is 168 Å². The number of hydrogen-bond donors (Lipinski definition) is 0.